The van der Waals surface area contributed by atoms with E-state index in [0.29, 0.717) is 18.5 Å². The van der Waals surface area contributed by atoms with Gasteiger partial charge in [-0.15, -0.1) is 0 Å². The fourth-order valence-electron chi connectivity index (χ4n) is 2.15. The summed E-state index contributed by atoms with van der Waals surface area (Å²) in [7, 11) is 0. The summed E-state index contributed by atoms with van der Waals surface area (Å²) in [5.74, 6) is 0.617. The Hall–Kier alpha value is -0.740. The Labute approximate surface area is 115 Å². The predicted octanol–water partition coefficient (Wildman–Crippen LogP) is 3.18. The Kier molecular flexibility index (Phi) is 3.64. The van der Waals surface area contributed by atoms with Crippen LogP contribution in [0.2, 0.25) is 5.02 Å². The molecule has 1 atom stereocenters. The number of nitrogens with zero attached hydrogens (tertiary/aromatic N) is 2. The standard InChI is InChI=1S/C12H15BrClN3/c1-7(2)17-11(6-16-12(17)15)9-4-3-8(14)5-10(9)13/h3-5,7,11H,6H2,1-2H3,(H2,15,16). The van der Waals surface area contributed by atoms with Crippen LogP contribution in [-0.2, 0) is 0 Å². The van der Waals surface area contributed by atoms with Crippen molar-refractivity contribution in [1.29, 1.82) is 0 Å². The van der Waals surface area contributed by atoms with E-state index in [0.717, 1.165) is 9.50 Å². The van der Waals surface area contributed by atoms with Crippen LogP contribution in [0.3, 0.4) is 0 Å². The van der Waals surface area contributed by atoms with Gasteiger partial charge in [0.15, 0.2) is 5.96 Å². The summed E-state index contributed by atoms with van der Waals surface area (Å²) in [6, 6.07) is 6.36. The SMILES string of the molecule is CC(C)N1C(N)=NCC1c1ccc(Cl)cc1Br. The second-order valence-corrected chi connectivity index (χ2v) is 5.67. The third-order valence-corrected chi connectivity index (χ3v) is 3.83. The molecule has 0 aromatic heterocycles. The van der Waals surface area contributed by atoms with Gasteiger partial charge < -0.3 is 10.6 Å². The van der Waals surface area contributed by atoms with Gasteiger partial charge in [-0.05, 0) is 31.5 Å². The van der Waals surface area contributed by atoms with Gasteiger partial charge in [0.2, 0.25) is 0 Å². The molecule has 1 aliphatic rings. The fraction of sp³-hybridized carbons (Fsp3) is 0.417. The quantitative estimate of drug-likeness (QED) is 0.910. The van der Waals surface area contributed by atoms with Crippen LogP contribution in [0.15, 0.2) is 27.7 Å². The summed E-state index contributed by atoms with van der Waals surface area (Å²) in [4.78, 5) is 6.46. The number of halogens is 2. The molecule has 2 rings (SSSR count). The molecular weight excluding hydrogens is 302 g/mol. The Balaban J connectivity index is 2.35. The van der Waals surface area contributed by atoms with Gasteiger partial charge in [0.05, 0.1) is 12.6 Å². The van der Waals surface area contributed by atoms with E-state index in [2.05, 4.69) is 39.7 Å². The Bertz CT molecular complexity index is 459. The average molecular weight is 317 g/mol. The lowest BCUT2D eigenvalue weighted by atomic mass is 10.1. The smallest absolute Gasteiger partial charge is 0.192 e. The molecular formula is C12H15BrClN3. The lowest BCUT2D eigenvalue weighted by Crippen LogP contribution is -2.41. The van der Waals surface area contributed by atoms with Gasteiger partial charge >= 0.3 is 0 Å². The van der Waals surface area contributed by atoms with E-state index in [9.17, 15) is 0 Å². The molecule has 1 aliphatic heterocycles. The molecule has 1 heterocycles. The van der Waals surface area contributed by atoms with Crippen molar-refractivity contribution in [3.63, 3.8) is 0 Å². The highest BCUT2D eigenvalue weighted by Crippen LogP contribution is 2.33. The molecule has 0 saturated heterocycles. The first kappa shape index (κ1) is 12.7. The zero-order valence-electron chi connectivity index (χ0n) is 9.82. The second-order valence-electron chi connectivity index (χ2n) is 4.38. The molecule has 0 fully saturated rings. The van der Waals surface area contributed by atoms with Crippen molar-refractivity contribution < 1.29 is 0 Å². The van der Waals surface area contributed by atoms with Gasteiger partial charge in [-0.25, -0.2) is 0 Å². The number of hydrogen-bond donors (Lipinski definition) is 1. The zero-order valence-corrected chi connectivity index (χ0v) is 12.2. The van der Waals surface area contributed by atoms with Crippen molar-refractivity contribution in [3.05, 3.63) is 33.3 Å². The van der Waals surface area contributed by atoms with Crippen LogP contribution >= 0.6 is 27.5 Å². The number of hydrogen-bond acceptors (Lipinski definition) is 3. The largest absolute Gasteiger partial charge is 0.370 e. The van der Waals surface area contributed by atoms with Crippen molar-refractivity contribution in [2.24, 2.45) is 10.7 Å². The average Bonchev–Trinajstić information content (AvgIpc) is 2.60. The first-order valence-corrected chi connectivity index (χ1v) is 6.71. The van der Waals surface area contributed by atoms with Crippen molar-refractivity contribution >= 4 is 33.5 Å². The first-order valence-electron chi connectivity index (χ1n) is 5.54. The predicted molar refractivity (Wildman–Crippen MR) is 75.4 cm³/mol. The van der Waals surface area contributed by atoms with Crippen molar-refractivity contribution in [2.45, 2.75) is 25.9 Å². The number of guanidine groups is 1. The van der Waals surface area contributed by atoms with Gasteiger partial charge in [0.25, 0.3) is 0 Å². The third kappa shape index (κ3) is 2.43. The summed E-state index contributed by atoms with van der Waals surface area (Å²) in [6.07, 6.45) is 0. The van der Waals surface area contributed by atoms with Gasteiger partial charge in [-0.1, -0.05) is 33.6 Å². The summed E-state index contributed by atoms with van der Waals surface area (Å²) < 4.78 is 1.01. The van der Waals surface area contributed by atoms with E-state index in [1.54, 1.807) is 0 Å². The van der Waals surface area contributed by atoms with Gasteiger partial charge in [0, 0.05) is 15.5 Å². The van der Waals surface area contributed by atoms with E-state index in [4.69, 9.17) is 17.3 Å². The number of nitrogens with two attached hydrogens (primary N) is 1. The van der Waals surface area contributed by atoms with E-state index >= 15 is 0 Å². The third-order valence-electron chi connectivity index (χ3n) is 2.90. The summed E-state index contributed by atoms with van der Waals surface area (Å²) >= 11 is 9.51. The van der Waals surface area contributed by atoms with Gasteiger partial charge in [0.1, 0.15) is 0 Å². The topological polar surface area (TPSA) is 41.6 Å². The van der Waals surface area contributed by atoms with Crippen molar-refractivity contribution in [1.82, 2.24) is 4.90 Å². The number of benzene rings is 1. The highest BCUT2D eigenvalue weighted by Gasteiger charge is 2.30. The second kappa shape index (κ2) is 4.86. The highest BCUT2D eigenvalue weighted by atomic mass is 79.9. The Morgan fingerprint density at radius 3 is 2.82 bits per heavy atom. The lowest BCUT2D eigenvalue weighted by molar-refractivity contribution is 0.289. The minimum Gasteiger partial charge on any atom is -0.370 e. The molecule has 5 heteroatoms. The lowest BCUT2D eigenvalue weighted by Gasteiger charge is -2.30. The normalized spacial score (nSPS) is 19.9. The maximum Gasteiger partial charge on any atom is 0.192 e. The van der Waals surface area contributed by atoms with E-state index in [1.165, 1.54) is 5.56 Å². The molecule has 0 bridgehead atoms. The van der Waals surface area contributed by atoms with Crippen LogP contribution in [0.4, 0.5) is 0 Å². The maximum atomic E-state index is 5.95. The molecule has 0 spiro atoms. The molecule has 1 unspecified atom stereocenters. The molecule has 2 N–H and O–H groups in total. The van der Waals surface area contributed by atoms with E-state index in [-0.39, 0.29) is 6.04 Å². The number of rotatable bonds is 2. The van der Waals surface area contributed by atoms with Crippen LogP contribution in [0.1, 0.15) is 25.5 Å². The van der Waals surface area contributed by atoms with Crippen LogP contribution in [0, 0.1) is 0 Å². The van der Waals surface area contributed by atoms with Crippen LogP contribution < -0.4 is 5.73 Å². The Morgan fingerprint density at radius 1 is 1.53 bits per heavy atom. The van der Waals surface area contributed by atoms with Gasteiger partial charge in [-0.3, -0.25) is 4.99 Å². The van der Waals surface area contributed by atoms with Gasteiger partial charge in [-0.2, -0.15) is 0 Å². The molecule has 17 heavy (non-hydrogen) atoms. The molecule has 3 nitrogen and oxygen atoms in total. The van der Waals surface area contributed by atoms with E-state index < -0.39 is 0 Å². The van der Waals surface area contributed by atoms with Crippen LogP contribution in [0.5, 0.6) is 0 Å². The molecule has 0 saturated carbocycles. The first-order chi connectivity index (χ1) is 8.00. The van der Waals surface area contributed by atoms with Crippen LogP contribution in [0.25, 0.3) is 0 Å². The van der Waals surface area contributed by atoms with E-state index in [1.807, 2.05) is 18.2 Å². The molecule has 92 valence electrons. The Morgan fingerprint density at radius 2 is 2.24 bits per heavy atom. The van der Waals surface area contributed by atoms with Crippen molar-refractivity contribution in [2.75, 3.05) is 6.54 Å². The maximum absolute atomic E-state index is 5.95. The summed E-state index contributed by atoms with van der Waals surface area (Å²) in [5.41, 5.74) is 7.10. The summed E-state index contributed by atoms with van der Waals surface area (Å²) in [6.45, 7) is 4.93. The zero-order chi connectivity index (χ0) is 12.6. The minimum absolute atomic E-state index is 0.196. The minimum atomic E-state index is 0.196. The highest BCUT2D eigenvalue weighted by molar-refractivity contribution is 9.10. The molecule has 1 aromatic rings. The number of aliphatic imine (C=N–C) groups is 1. The van der Waals surface area contributed by atoms with Crippen molar-refractivity contribution in [3.8, 4) is 0 Å². The van der Waals surface area contributed by atoms with Crippen LogP contribution in [-0.4, -0.2) is 23.4 Å². The summed E-state index contributed by atoms with van der Waals surface area (Å²) in [5, 5.41) is 0.726. The molecule has 1 aromatic carbocycles. The molecule has 0 radical (unpaired) electrons. The molecule has 0 amide bonds. The monoisotopic (exact) mass is 315 g/mol. The fourth-order valence-corrected chi connectivity index (χ4v) is 3.10. The molecule has 0 aliphatic carbocycles.